The third-order valence-electron chi connectivity index (χ3n) is 7.23. The smallest absolute Gasteiger partial charge is 0.435 e. The molecule has 172 valence electrons. The maximum atomic E-state index is 12.6. The monoisotopic (exact) mass is 432 g/mol. The highest BCUT2D eigenvalue weighted by atomic mass is 16.6. The molecule has 0 radical (unpaired) electrons. The van der Waals surface area contributed by atoms with Crippen LogP contribution in [0.25, 0.3) is 0 Å². The predicted octanol–water partition coefficient (Wildman–Crippen LogP) is 3.48. The van der Waals surface area contributed by atoms with Crippen LogP contribution in [0.3, 0.4) is 0 Å². The fourth-order valence-electron chi connectivity index (χ4n) is 5.29. The standard InChI is InChI=1S/C24H37BO6/c1-5-15(3)24(27)30-21-11-14(2)10-17-7-6-16(4)20(23(17)21)9-8-18-12-19(31-25-28)13-22(26)29-18/h6-7,10,14-16,18-21,23,25,28H,5,8-9,11-13H2,1-4H3/t14-,15-,16-,18+,19+,20-,21-,23-/m0/s1. The first-order valence-corrected chi connectivity index (χ1v) is 11.8. The minimum atomic E-state index is -0.382. The summed E-state index contributed by atoms with van der Waals surface area (Å²) in [6, 6.07) is 0. The van der Waals surface area contributed by atoms with Gasteiger partial charge in [-0.1, -0.05) is 45.9 Å². The molecule has 31 heavy (non-hydrogen) atoms. The second-order valence-corrected chi connectivity index (χ2v) is 9.62. The van der Waals surface area contributed by atoms with E-state index in [9.17, 15) is 9.59 Å². The van der Waals surface area contributed by atoms with Crippen molar-refractivity contribution in [3.63, 3.8) is 0 Å². The van der Waals surface area contributed by atoms with Gasteiger partial charge in [0.15, 0.2) is 0 Å². The largest absolute Gasteiger partial charge is 0.462 e. The second-order valence-electron chi connectivity index (χ2n) is 9.62. The molecule has 0 saturated carbocycles. The average Bonchev–Trinajstić information content (AvgIpc) is 2.72. The van der Waals surface area contributed by atoms with Gasteiger partial charge in [-0.15, -0.1) is 0 Å². The lowest BCUT2D eigenvalue weighted by molar-refractivity contribution is -0.162. The fraction of sp³-hybridized carbons (Fsp3) is 0.750. The molecule has 0 bridgehead atoms. The molecule has 0 aromatic heterocycles. The minimum absolute atomic E-state index is 0.0928. The number of fused-ring (bicyclic) bond motifs is 1. The maximum absolute atomic E-state index is 12.6. The van der Waals surface area contributed by atoms with Crippen LogP contribution in [0, 0.1) is 29.6 Å². The van der Waals surface area contributed by atoms with Crippen LogP contribution in [0.1, 0.15) is 66.2 Å². The van der Waals surface area contributed by atoms with Crippen LogP contribution >= 0.6 is 0 Å². The number of ether oxygens (including phenoxy) is 2. The van der Waals surface area contributed by atoms with Crippen LogP contribution in [0.2, 0.25) is 0 Å². The summed E-state index contributed by atoms with van der Waals surface area (Å²) in [5.41, 5.74) is 1.27. The van der Waals surface area contributed by atoms with Crippen molar-refractivity contribution in [2.45, 2.75) is 84.5 Å². The van der Waals surface area contributed by atoms with Crippen molar-refractivity contribution in [3.8, 4) is 0 Å². The number of hydrogen-bond donors (Lipinski definition) is 1. The van der Waals surface area contributed by atoms with E-state index in [0.717, 1.165) is 25.7 Å². The Balaban J connectivity index is 1.72. The quantitative estimate of drug-likeness (QED) is 0.467. The summed E-state index contributed by atoms with van der Waals surface area (Å²) in [7, 11) is -0.382. The normalized spacial score (nSPS) is 36.1. The Morgan fingerprint density at radius 1 is 1.32 bits per heavy atom. The Hall–Kier alpha value is -1.60. The number of carbonyl (C=O) groups is 2. The molecule has 3 rings (SSSR count). The van der Waals surface area contributed by atoms with Crippen LogP contribution in [0.15, 0.2) is 23.8 Å². The van der Waals surface area contributed by atoms with Gasteiger partial charge in [0.25, 0.3) is 0 Å². The Bertz CT molecular complexity index is 704. The van der Waals surface area contributed by atoms with Gasteiger partial charge in [-0.05, 0) is 49.0 Å². The van der Waals surface area contributed by atoms with Gasteiger partial charge in [0.2, 0.25) is 0 Å². The maximum Gasteiger partial charge on any atom is 0.435 e. The van der Waals surface area contributed by atoms with Crippen molar-refractivity contribution < 1.29 is 28.7 Å². The number of carbonyl (C=O) groups excluding carboxylic acids is 2. The zero-order chi connectivity index (χ0) is 22.5. The highest BCUT2D eigenvalue weighted by Crippen LogP contribution is 2.45. The first kappa shape index (κ1) is 24.1. The number of cyclic esters (lactones) is 1. The van der Waals surface area contributed by atoms with Gasteiger partial charge in [0, 0.05) is 12.3 Å². The van der Waals surface area contributed by atoms with Gasteiger partial charge in [0.05, 0.1) is 18.4 Å². The number of allylic oxidation sites excluding steroid dienone is 3. The zero-order valence-electron chi connectivity index (χ0n) is 19.3. The van der Waals surface area contributed by atoms with Gasteiger partial charge in [0.1, 0.15) is 12.2 Å². The molecule has 0 amide bonds. The molecule has 7 heteroatoms. The Morgan fingerprint density at radius 2 is 2.10 bits per heavy atom. The Morgan fingerprint density at radius 3 is 2.81 bits per heavy atom. The summed E-state index contributed by atoms with van der Waals surface area (Å²) in [6.07, 6.45) is 10.2. The van der Waals surface area contributed by atoms with E-state index in [-0.39, 0.29) is 56.2 Å². The van der Waals surface area contributed by atoms with Gasteiger partial charge < -0.3 is 19.2 Å². The van der Waals surface area contributed by atoms with Crippen molar-refractivity contribution in [1.82, 2.24) is 0 Å². The van der Waals surface area contributed by atoms with Crippen LogP contribution < -0.4 is 0 Å². The van der Waals surface area contributed by atoms with E-state index in [1.54, 1.807) is 0 Å². The van der Waals surface area contributed by atoms with Crippen LogP contribution in [0.4, 0.5) is 0 Å². The van der Waals surface area contributed by atoms with Crippen molar-refractivity contribution in [2.75, 3.05) is 0 Å². The van der Waals surface area contributed by atoms with Crippen molar-refractivity contribution in [3.05, 3.63) is 23.8 Å². The molecule has 1 fully saturated rings. The summed E-state index contributed by atoms with van der Waals surface area (Å²) in [5.74, 6) is 0.749. The van der Waals surface area contributed by atoms with E-state index < -0.39 is 0 Å². The SMILES string of the molecule is CC[C@H](C)C(=O)O[C@H]1C[C@@H](C)C=C2C=C[C@H](C)[C@H](CC[C@@H]3C[C@@H](OBO)CC(=O)O3)[C@H]21. The molecule has 0 aromatic carbocycles. The van der Waals surface area contributed by atoms with E-state index in [4.69, 9.17) is 19.2 Å². The van der Waals surface area contributed by atoms with E-state index in [2.05, 4.69) is 32.1 Å². The molecular formula is C24H37BO6. The topological polar surface area (TPSA) is 82.1 Å². The van der Waals surface area contributed by atoms with E-state index >= 15 is 0 Å². The van der Waals surface area contributed by atoms with E-state index in [0.29, 0.717) is 24.2 Å². The van der Waals surface area contributed by atoms with Crippen molar-refractivity contribution >= 4 is 19.6 Å². The Labute approximate surface area is 186 Å². The molecule has 0 spiro atoms. The summed E-state index contributed by atoms with van der Waals surface area (Å²) >= 11 is 0. The number of hydrogen-bond acceptors (Lipinski definition) is 6. The molecule has 1 aliphatic heterocycles. The minimum Gasteiger partial charge on any atom is -0.462 e. The van der Waals surface area contributed by atoms with Crippen LogP contribution in [0.5, 0.6) is 0 Å². The molecular weight excluding hydrogens is 395 g/mol. The van der Waals surface area contributed by atoms with Gasteiger partial charge in [-0.3, -0.25) is 9.59 Å². The first-order chi connectivity index (χ1) is 14.8. The lowest BCUT2D eigenvalue weighted by Gasteiger charge is -2.43. The second kappa shape index (κ2) is 10.8. The van der Waals surface area contributed by atoms with Gasteiger partial charge >= 0.3 is 19.6 Å². The highest BCUT2D eigenvalue weighted by Gasteiger charge is 2.42. The van der Waals surface area contributed by atoms with E-state index in [1.807, 2.05) is 13.8 Å². The third-order valence-corrected chi connectivity index (χ3v) is 7.23. The van der Waals surface area contributed by atoms with E-state index in [1.165, 1.54) is 5.57 Å². The predicted molar refractivity (Wildman–Crippen MR) is 119 cm³/mol. The van der Waals surface area contributed by atoms with Crippen molar-refractivity contribution in [1.29, 1.82) is 0 Å². The lowest BCUT2D eigenvalue weighted by atomic mass is 9.65. The average molecular weight is 432 g/mol. The third kappa shape index (κ3) is 6.01. The zero-order valence-corrected chi connectivity index (χ0v) is 19.3. The molecule has 1 heterocycles. The fourth-order valence-corrected chi connectivity index (χ4v) is 5.29. The summed E-state index contributed by atoms with van der Waals surface area (Å²) in [5, 5.41) is 9.04. The Kier molecular flexibility index (Phi) is 8.40. The molecule has 8 atom stereocenters. The summed E-state index contributed by atoms with van der Waals surface area (Å²) in [4.78, 5) is 24.5. The first-order valence-electron chi connectivity index (χ1n) is 11.8. The summed E-state index contributed by atoms with van der Waals surface area (Å²) < 4.78 is 16.9. The van der Waals surface area contributed by atoms with Crippen LogP contribution in [-0.2, 0) is 23.7 Å². The molecule has 0 unspecified atom stereocenters. The molecule has 1 N–H and O–H groups in total. The molecule has 1 saturated heterocycles. The summed E-state index contributed by atoms with van der Waals surface area (Å²) in [6.45, 7) is 8.33. The molecule has 2 aliphatic carbocycles. The molecule has 3 aliphatic rings. The molecule has 0 aromatic rings. The highest BCUT2D eigenvalue weighted by molar-refractivity contribution is 6.16. The number of esters is 2. The van der Waals surface area contributed by atoms with Gasteiger partial charge in [-0.2, -0.15) is 0 Å². The lowest BCUT2D eigenvalue weighted by Crippen LogP contribution is -2.42. The van der Waals surface area contributed by atoms with Crippen LogP contribution in [-0.4, -0.2) is 43.0 Å². The molecule has 6 nitrogen and oxygen atoms in total. The number of rotatable bonds is 8. The van der Waals surface area contributed by atoms with Gasteiger partial charge in [-0.25, -0.2) is 0 Å². The van der Waals surface area contributed by atoms with Crippen molar-refractivity contribution in [2.24, 2.45) is 29.6 Å².